The van der Waals surface area contributed by atoms with Gasteiger partial charge in [0.25, 0.3) is 0 Å². The topological polar surface area (TPSA) is 66.8 Å². The lowest BCUT2D eigenvalue weighted by Gasteiger charge is -2.10. The molecular weight excluding hydrogens is 234 g/mol. The summed E-state index contributed by atoms with van der Waals surface area (Å²) in [5, 5.41) is 0.971. The van der Waals surface area contributed by atoms with E-state index in [1.54, 1.807) is 18.2 Å². The summed E-state index contributed by atoms with van der Waals surface area (Å²) in [5.41, 5.74) is 0. The minimum Gasteiger partial charge on any atom is -0.400 e. The van der Waals surface area contributed by atoms with Crippen LogP contribution in [0.1, 0.15) is 0 Å². The summed E-state index contributed by atoms with van der Waals surface area (Å²) in [6, 6.07) is 9.21. The first-order chi connectivity index (χ1) is 7.47. The highest BCUT2D eigenvalue weighted by Crippen LogP contribution is 2.41. The molecule has 2 aromatic carbocycles. The predicted molar refractivity (Wildman–Crippen MR) is 56.6 cm³/mol. The Morgan fingerprint density at radius 1 is 1.12 bits per heavy atom. The van der Waals surface area contributed by atoms with E-state index in [4.69, 9.17) is 9.79 Å². The Morgan fingerprint density at radius 2 is 1.81 bits per heavy atom. The van der Waals surface area contributed by atoms with Crippen LogP contribution >= 0.6 is 7.82 Å². The van der Waals surface area contributed by atoms with Crippen molar-refractivity contribution in [1.29, 1.82) is 0 Å². The maximum Gasteiger partial charge on any atom is 0.524 e. The van der Waals surface area contributed by atoms with Crippen molar-refractivity contribution < 1.29 is 23.3 Å². The summed E-state index contributed by atoms with van der Waals surface area (Å²) in [6.07, 6.45) is 0. The number of hydrogen-bond acceptors (Lipinski definition) is 2. The Kier molecular flexibility index (Phi) is 2.68. The predicted octanol–water partition coefficient (Wildman–Crippen LogP) is 2.45. The molecule has 0 aliphatic heterocycles. The molecule has 0 amide bonds. The third-order valence-electron chi connectivity index (χ3n) is 2.04. The average molecular weight is 242 g/mol. The minimum atomic E-state index is -4.76. The molecule has 0 unspecified atom stereocenters. The molecule has 16 heavy (non-hydrogen) atoms. The first-order valence-electron chi connectivity index (χ1n) is 4.40. The van der Waals surface area contributed by atoms with Gasteiger partial charge in [0, 0.05) is 5.39 Å². The van der Waals surface area contributed by atoms with Crippen LogP contribution in [-0.2, 0) is 4.57 Å². The van der Waals surface area contributed by atoms with Crippen LogP contribution in [0.3, 0.4) is 0 Å². The zero-order valence-electron chi connectivity index (χ0n) is 8.00. The highest BCUT2D eigenvalue weighted by atomic mass is 31.2. The first kappa shape index (κ1) is 11.1. The van der Waals surface area contributed by atoms with Crippen LogP contribution in [0.5, 0.6) is 5.75 Å². The average Bonchev–Trinajstić information content (AvgIpc) is 2.21. The van der Waals surface area contributed by atoms with Crippen LogP contribution in [0.15, 0.2) is 36.4 Å². The maximum absolute atomic E-state index is 13.4. The molecule has 0 spiro atoms. The van der Waals surface area contributed by atoms with Gasteiger partial charge in [0.1, 0.15) is 0 Å². The molecule has 0 aliphatic carbocycles. The Labute approximate surface area is 90.5 Å². The molecule has 0 fully saturated rings. The molecular formula is C10H8FO4P. The fourth-order valence-electron chi connectivity index (χ4n) is 1.43. The molecule has 2 N–H and O–H groups in total. The van der Waals surface area contributed by atoms with Crippen molar-refractivity contribution in [1.82, 2.24) is 0 Å². The minimum absolute atomic E-state index is 0.325. The van der Waals surface area contributed by atoms with Gasteiger partial charge in [-0.1, -0.05) is 30.3 Å². The van der Waals surface area contributed by atoms with Gasteiger partial charge >= 0.3 is 7.82 Å². The van der Waals surface area contributed by atoms with Gasteiger partial charge in [-0.15, -0.1) is 0 Å². The summed E-state index contributed by atoms with van der Waals surface area (Å²) < 4.78 is 28.4. The molecule has 0 bridgehead atoms. The molecule has 2 aromatic rings. The monoisotopic (exact) mass is 242 g/mol. The van der Waals surface area contributed by atoms with E-state index in [0.717, 1.165) is 6.07 Å². The van der Waals surface area contributed by atoms with Gasteiger partial charge in [-0.05, 0) is 11.5 Å². The quantitative estimate of drug-likeness (QED) is 0.794. The second kappa shape index (κ2) is 3.87. The zero-order valence-corrected chi connectivity index (χ0v) is 8.89. The van der Waals surface area contributed by atoms with E-state index in [1.807, 2.05) is 0 Å². The Morgan fingerprint density at radius 3 is 2.50 bits per heavy atom. The standard InChI is InChI=1S/C10H8FO4P/c11-9-6-5-7-3-1-2-4-8(7)10(9)15-16(12,13)14/h1-6H,(H2,12,13,14). The van der Waals surface area contributed by atoms with Gasteiger partial charge in [0.05, 0.1) is 0 Å². The molecule has 0 aromatic heterocycles. The van der Waals surface area contributed by atoms with Gasteiger partial charge in [0.15, 0.2) is 11.6 Å². The normalized spacial score (nSPS) is 11.7. The maximum atomic E-state index is 13.4. The number of fused-ring (bicyclic) bond motifs is 1. The molecule has 0 radical (unpaired) electrons. The molecule has 0 atom stereocenters. The summed E-state index contributed by atoms with van der Waals surface area (Å²) in [6.45, 7) is 0. The van der Waals surface area contributed by atoms with Gasteiger partial charge in [-0.2, -0.15) is 0 Å². The second-order valence-corrected chi connectivity index (χ2v) is 4.34. The number of benzene rings is 2. The van der Waals surface area contributed by atoms with E-state index in [9.17, 15) is 8.96 Å². The zero-order chi connectivity index (χ0) is 11.8. The summed E-state index contributed by atoms with van der Waals surface area (Å²) in [7, 11) is -4.76. The lowest BCUT2D eigenvalue weighted by molar-refractivity contribution is 0.279. The summed E-state index contributed by atoms with van der Waals surface area (Å²) in [5.74, 6) is -1.23. The smallest absolute Gasteiger partial charge is 0.400 e. The van der Waals surface area contributed by atoms with Gasteiger partial charge < -0.3 is 4.52 Å². The lowest BCUT2D eigenvalue weighted by atomic mass is 10.1. The van der Waals surface area contributed by atoms with Crippen molar-refractivity contribution >= 4 is 18.6 Å². The van der Waals surface area contributed by atoms with E-state index in [-0.39, 0.29) is 0 Å². The third kappa shape index (κ3) is 2.22. The van der Waals surface area contributed by atoms with Gasteiger partial charge in [-0.25, -0.2) is 8.96 Å². The fourth-order valence-corrected chi connectivity index (χ4v) is 1.85. The van der Waals surface area contributed by atoms with Crippen molar-refractivity contribution in [3.05, 3.63) is 42.2 Å². The number of halogens is 1. The molecule has 84 valence electrons. The van der Waals surface area contributed by atoms with Crippen LogP contribution in [0, 0.1) is 5.82 Å². The molecule has 0 saturated heterocycles. The Hall–Kier alpha value is -1.42. The number of phosphoric acid groups is 1. The van der Waals surface area contributed by atoms with Crippen molar-refractivity contribution in [3.8, 4) is 5.75 Å². The molecule has 0 saturated carbocycles. The highest BCUT2D eigenvalue weighted by molar-refractivity contribution is 7.46. The Bertz CT molecular complexity index is 578. The third-order valence-corrected chi connectivity index (χ3v) is 2.46. The molecule has 6 heteroatoms. The highest BCUT2D eigenvalue weighted by Gasteiger charge is 2.20. The number of hydrogen-bond donors (Lipinski definition) is 2. The first-order valence-corrected chi connectivity index (χ1v) is 5.93. The van der Waals surface area contributed by atoms with E-state index in [0.29, 0.717) is 10.8 Å². The van der Waals surface area contributed by atoms with Crippen molar-refractivity contribution in [2.75, 3.05) is 0 Å². The molecule has 0 heterocycles. The van der Waals surface area contributed by atoms with Crippen molar-refractivity contribution in [2.24, 2.45) is 0 Å². The van der Waals surface area contributed by atoms with E-state index >= 15 is 0 Å². The van der Waals surface area contributed by atoms with Crippen molar-refractivity contribution in [2.45, 2.75) is 0 Å². The van der Waals surface area contributed by atoms with Crippen LogP contribution in [0.4, 0.5) is 4.39 Å². The fraction of sp³-hybridized carbons (Fsp3) is 0. The Balaban J connectivity index is 2.66. The van der Waals surface area contributed by atoms with E-state index in [2.05, 4.69) is 4.52 Å². The SMILES string of the molecule is O=P(O)(O)Oc1c(F)ccc2ccccc12. The van der Waals surface area contributed by atoms with Crippen LogP contribution in [0.2, 0.25) is 0 Å². The van der Waals surface area contributed by atoms with Crippen molar-refractivity contribution in [3.63, 3.8) is 0 Å². The van der Waals surface area contributed by atoms with Gasteiger partial charge in [0.2, 0.25) is 0 Å². The van der Waals surface area contributed by atoms with Crippen LogP contribution < -0.4 is 4.52 Å². The van der Waals surface area contributed by atoms with Crippen LogP contribution in [-0.4, -0.2) is 9.79 Å². The summed E-state index contributed by atoms with van der Waals surface area (Å²) >= 11 is 0. The number of rotatable bonds is 2. The van der Waals surface area contributed by atoms with E-state index < -0.39 is 19.4 Å². The molecule has 4 nitrogen and oxygen atoms in total. The molecule has 0 aliphatic rings. The lowest BCUT2D eigenvalue weighted by Crippen LogP contribution is -1.94. The molecule has 2 rings (SSSR count). The van der Waals surface area contributed by atoms with Crippen LogP contribution in [0.25, 0.3) is 10.8 Å². The number of phosphoric ester groups is 1. The second-order valence-electron chi connectivity index (χ2n) is 3.18. The van der Waals surface area contributed by atoms with Gasteiger partial charge in [-0.3, -0.25) is 9.79 Å². The van der Waals surface area contributed by atoms with E-state index in [1.165, 1.54) is 12.1 Å². The summed E-state index contributed by atoms with van der Waals surface area (Å²) in [4.78, 5) is 17.4. The largest absolute Gasteiger partial charge is 0.524 e.